The molecule has 5 atom stereocenters. The molecule has 0 spiro atoms. The van der Waals surface area contributed by atoms with Gasteiger partial charge in [0.2, 0.25) is 17.7 Å². The molecule has 0 aromatic carbocycles. The number of nitrogens with zero attached hydrogens (tertiary/aromatic N) is 1. The molecule has 8 N–H and O–H groups in total. The zero-order valence-corrected chi connectivity index (χ0v) is 18.1. The molecule has 13 heteroatoms. The van der Waals surface area contributed by atoms with E-state index in [1.807, 2.05) is 6.92 Å². The molecule has 1 rings (SSSR count). The minimum atomic E-state index is -1.47. The van der Waals surface area contributed by atoms with E-state index < -0.39 is 60.2 Å². The van der Waals surface area contributed by atoms with Gasteiger partial charge in [0.15, 0.2) is 0 Å². The Bertz CT molecular complexity index is 813. The van der Waals surface area contributed by atoms with Gasteiger partial charge in [0.05, 0.1) is 18.8 Å². The molecular formula is C19H30N6O7. The molecule has 0 saturated heterocycles. The lowest BCUT2D eigenvalue weighted by Crippen LogP contribution is -2.57. The Morgan fingerprint density at radius 2 is 1.66 bits per heavy atom. The van der Waals surface area contributed by atoms with Crippen LogP contribution in [-0.4, -0.2) is 74.0 Å². The second kappa shape index (κ2) is 12.4. The van der Waals surface area contributed by atoms with E-state index >= 15 is 0 Å². The predicted octanol–water partition coefficient (Wildman–Crippen LogP) is -1.64. The highest BCUT2D eigenvalue weighted by molar-refractivity contribution is 5.95. The third kappa shape index (κ3) is 8.34. The molecule has 1 aromatic rings. The fraction of sp³-hybridized carbons (Fsp3) is 0.579. The number of carboxylic acids is 2. The Hall–Kier alpha value is -3.48. The molecular weight excluding hydrogens is 424 g/mol. The number of carbonyl (C=O) groups excluding carboxylic acids is 3. The van der Waals surface area contributed by atoms with Crippen LogP contribution in [0.25, 0.3) is 0 Å². The number of imidazole rings is 1. The Balaban J connectivity index is 2.78. The molecule has 3 amide bonds. The fourth-order valence-corrected chi connectivity index (χ4v) is 2.66. The first-order chi connectivity index (χ1) is 15.0. The Labute approximate surface area is 184 Å². The van der Waals surface area contributed by atoms with Gasteiger partial charge >= 0.3 is 11.9 Å². The van der Waals surface area contributed by atoms with Gasteiger partial charge in [0, 0.05) is 18.3 Å². The molecule has 0 saturated carbocycles. The maximum atomic E-state index is 12.5. The summed E-state index contributed by atoms with van der Waals surface area (Å²) in [4.78, 5) is 66.3. The molecule has 32 heavy (non-hydrogen) atoms. The molecule has 178 valence electrons. The van der Waals surface area contributed by atoms with E-state index in [2.05, 4.69) is 25.9 Å². The van der Waals surface area contributed by atoms with Crippen molar-refractivity contribution in [1.29, 1.82) is 0 Å². The number of H-pyrrole nitrogens is 1. The van der Waals surface area contributed by atoms with Crippen molar-refractivity contribution in [3.05, 3.63) is 18.2 Å². The third-order valence-corrected chi connectivity index (χ3v) is 4.92. The highest BCUT2D eigenvalue weighted by Crippen LogP contribution is 2.06. The van der Waals surface area contributed by atoms with Crippen LogP contribution in [-0.2, 0) is 30.4 Å². The molecule has 5 unspecified atom stereocenters. The second-order valence-electron chi connectivity index (χ2n) is 7.48. The zero-order valence-electron chi connectivity index (χ0n) is 18.1. The highest BCUT2D eigenvalue weighted by atomic mass is 16.4. The van der Waals surface area contributed by atoms with Crippen LogP contribution < -0.4 is 21.7 Å². The number of nitrogens with two attached hydrogens (primary N) is 1. The first kappa shape index (κ1) is 26.6. The minimum Gasteiger partial charge on any atom is -0.481 e. The molecule has 0 fully saturated rings. The summed E-state index contributed by atoms with van der Waals surface area (Å²) in [6.07, 6.45) is 2.59. The van der Waals surface area contributed by atoms with Gasteiger partial charge in [0.1, 0.15) is 18.1 Å². The van der Waals surface area contributed by atoms with E-state index in [0.717, 1.165) is 0 Å². The van der Waals surface area contributed by atoms with Crippen LogP contribution >= 0.6 is 0 Å². The number of aliphatic carboxylic acids is 2. The number of nitrogens with one attached hydrogen (secondary N) is 4. The summed E-state index contributed by atoms with van der Waals surface area (Å²) < 4.78 is 0. The van der Waals surface area contributed by atoms with Crippen molar-refractivity contribution in [3.63, 3.8) is 0 Å². The first-order valence-corrected chi connectivity index (χ1v) is 10.0. The van der Waals surface area contributed by atoms with Gasteiger partial charge in [0.25, 0.3) is 0 Å². The van der Waals surface area contributed by atoms with Crippen LogP contribution in [0.3, 0.4) is 0 Å². The van der Waals surface area contributed by atoms with Crippen LogP contribution in [0, 0.1) is 5.92 Å². The molecule has 0 radical (unpaired) electrons. The van der Waals surface area contributed by atoms with Crippen molar-refractivity contribution in [3.8, 4) is 0 Å². The maximum Gasteiger partial charge on any atom is 0.326 e. The maximum absolute atomic E-state index is 12.5. The summed E-state index contributed by atoms with van der Waals surface area (Å²) in [5.41, 5.74) is 6.30. The van der Waals surface area contributed by atoms with Gasteiger partial charge < -0.3 is 36.9 Å². The average Bonchev–Trinajstić information content (AvgIpc) is 3.23. The van der Waals surface area contributed by atoms with Gasteiger partial charge in [-0.05, 0) is 12.8 Å². The Morgan fingerprint density at radius 3 is 2.16 bits per heavy atom. The van der Waals surface area contributed by atoms with Crippen molar-refractivity contribution >= 4 is 29.7 Å². The van der Waals surface area contributed by atoms with Crippen molar-refractivity contribution in [2.45, 2.75) is 64.2 Å². The lowest BCUT2D eigenvalue weighted by atomic mass is 9.99. The minimum absolute atomic E-state index is 0.0626. The average molecular weight is 454 g/mol. The highest BCUT2D eigenvalue weighted by Gasteiger charge is 2.30. The summed E-state index contributed by atoms with van der Waals surface area (Å²) in [5, 5.41) is 25.3. The molecule has 0 aliphatic carbocycles. The standard InChI is InChI=1S/C19H30N6O7/c1-4-9(2)15(20)18(30)24-12(6-14(26)27)17(29)23-10(3)16(28)25-13(19(31)32)5-11-7-21-8-22-11/h7-10,12-13,15H,4-6,20H2,1-3H3,(H,21,22)(H,23,29)(H,24,30)(H,25,28)(H,26,27)(H,31,32). The van der Waals surface area contributed by atoms with E-state index in [0.29, 0.717) is 12.1 Å². The first-order valence-electron chi connectivity index (χ1n) is 10.0. The number of amides is 3. The van der Waals surface area contributed by atoms with Crippen molar-refractivity contribution in [2.24, 2.45) is 11.7 Å². The normalized spacial score (nSPS) is 15.5. The second-order valence-corrected chi connectivity index (χ2v) is 7.48. The van der Waals surface area contributed by atoms with Crippen LogP contribution in [0.2, 0.25) is 0 Å². The number of aromatic amines is 1. The summed E-state index contributed by atoms with van der Waals surface area (Å²) in [5.74, 6) is -5.24. The summed E-state index contributed by atoms with van der Waals surface area (Å²) in [6, 6.07) is -4.90. The predicted molar refractivity (Wildman–Crippen MR) is 111 cm³/mol. The lowest BCUT2D eigenvalue weighted by molar-refractivity contribution is -0.143. The van der Waals surface area contributed by atoms with Crippen LogP contribution in [0.5, 0.6) is 0 Å². The molecule has 0 aliphatic rings. The van der Waals surface area contributed by atoms with E-state index in [9.17, 15) is 29.1 Å². The van der Waals surface area contributed by atoms with E-state index in [1.54, 1.807) is 6.92 Å². The molecule has 0 bridgehead atoms. The van der Waals surface area contributed by atoms with Gasteiger partial charge in [-0.25, -0.2) is 9.78 Å². The molecule has 13 nitrogen and oxygen atoms in total. The number of carbonyl (C=O) groups is 5. The van der Waals surface area contributed by atoms with Crippen molar-refractivity contribution < 1.29 is 34.2 Å². The quantitative estimate of drug-likeness (QED) is 0.181. The van der Waals surface area contributed by atoms with Gasteiger partial charge in [-0.1, -0.05) is 20.3 Å². The largest absolute Gasteiger partial charge is 0.481 e. The van der Waals surface area contributed by atoms with Crippen LogP contribution in [0.4, 0.5) is 0 Å². The third-order valence-electron chi connectivity index (χ3n) is 4.92. The van der Waals surface area contributed by atoms with Gasteiger partial charge in [-0.3, -0.25) is 19.2 Å². The van der Waals surface area contributed by atoms with Crippen molar-refractivity contribution in [2.75, 3.05) is 0 Å². The SMILES string of the molecule is CCC(C)C(N)C(=O)NC(CC(=O)O)C(=O)NC(C)C(=O)NC(Cc1cnc[nH]1)C(=O)O. The van der Waals surface area contributed by atoms with E-state index in [4.69, 9.17) is 10.8 Å². The summed E-state index contributed by atoms with van der Waals surface area (Å²) in [7, 11) is 0. The Morgan fingerprint density at radius 1 is 1.03 bits per heavy atom. The van der Waals surface area contributed by atoms with Gasteiger partial charge in [-0.2, -0.15) is 0 Å². The van der Waals surface area contributed by atoms with Crippen LogP contribution in [0.15, 0.2) is 12.5 Å². The number of carboxylic acid groups (broad SMARTS) is 2. The van der Waals surface area contributed by atoms with E-state index in [1.165, 1.54) is 19.4 Å². The molecule has 0 aliphatic heterocycles. The lowest BCUT2D eigenvalue weighted by Gasteiger charge is -2.24. The smallest absolute Gasteiger partial charge is 0.326 e. The topological polar surface area (TPSA) is 217 Å². The van der Waals surface area contributed by atoms with Crippen molar-refractivity contribution in [1.82, 2.24) is 25.9 Å². The fourth-order valence-electron chi connectivity index (χ4n) is 2.66. The van der Waals surface area contributed by atoms with Gasteiger partial charge in [-0.15, -0.1) is 0 Å². The zero-order chi connectivity index (χ0) is 24.4. The summed E-state index contributed by atoms with van der Waals surface area (Å²) >= 11 is 0. The Kier molecular flexibility index (Phi) is 10.3. The summed E-state index contributed by atoms with van der Waals surface area (Å²) in [6.45, 7) is 4.87. The molecule has 1 heterocycles. The number of aromatic nitrogens is 2. The van der Waals surface area contributed by atoms with E-state index in [-0.39, 0.29) is 12.3 Å². The number of rotatable bonds is 13. The monoisotopic (exact) mass is 454 g/mol. The van der Waals surface area contributed by atoms with Crippen LogP contribution in [0.1, 0.15) is 39.3 Å². The number of hydrogen-bond donors (Lipinski definition) is 7. The molecule has 1 aromatic heterocycles. The number of hydrogen-bond acceptors (Lipinski definition) is 7.